The Bertz CT molecular complexity index is 206. The van der Waals surface area contributed by atoms with Gasteiger partial charge in [0.05, 0.1) is 0 Å². The lowest BCUT2D eigenvalue weighted by Crippen LogP contribution is -2.32. The number of Topliss-reactive ketones (excluding diaryl/α,β-unsaturated/α-hetero) is 1. The van der Waals surface area contributed by atoms with Crippen LogP contribution in [0.2, 0.25) is 19.6 Å². The molecule has 0 aromatic rings. The first-order chi connectivity index (χ1) is 5.81. The third kappa shape index (κ3) is 9.30. The van der Waals surface area contributed by atoms with Crippen molar-refractivity contribution in [3.8, 4) is 0 Å². The molecule has 4 heteroatoms. The largest absolute Gasteiger partial charge is 0.323 e. The number of rotatable bonds is 5. The Morgan fingerprint density at radius 2 is 1.92 bits per heavy atom. The zero-order valence-corrected chi connectivity index (χ0v) is 10.1. The second-order valence-electron chi connectivity index (χ2n) is 4.11. The molecule has 3 nitrogen and oxygen atoms in total. The Morgan fingerprint density at radius 3 is 2.31 bits per heavy atom. The first-order valence-corrected chi connectivity index (χ1v) is 7.82. The summed E-state index contributed by atoms with van der Waals surface area (Å²) in [5.74, 6) is 0.161. The SMILES string of the molecule is CC(=O)CC=C(C)NO[Si](C)(C)C. The maximum atomic E-state index is 10.6. The summed E-state index contributed by atoms with van der Waals surface area (Å²) in [5.41, 5.74) is 3.75. The molecule has 0 radical (unpaired) electrons. The van der Waals surface area contributed by atoms with E-state index in [-0.39, 0.29) is 5.78 Å². The average Bonchev–Trinajstić information content (AvgIpc) is 1.95. The summed E-state index contributed by atoms with van der Waals surface area (Å²) in [6.07, 6.45) is 2.30. The second kappa shape index (κ2) is 5.19. The van der Waals surface area contributed by atoms with Gasteiger partial charge in [-0.3, -0.25) is 10.3 Å². The Morgan fingerprint density at radius 1 is 1.38 bits per heavy atom. The molecule has 0 aliphatic rings. The van der Waals surface area contributed by atoms with Crippen LogP contribution in [0.3, 0.4) is 0 Å². The van der Waals surface area contributed by atoms with Crippen LogP contribution in [-0.2, 0) is 9.32 Å². The second-order valence-corrected chi connectivity index (χ2v) is 8.54. The maximum Gasteiger partial charge on any atom is 0.220 e. The van der Waals surface area contributed by atoms with E-state index in [2.05, 4.69) is 25.1 Å². The molecule has 0 saturated heterocycles. The molecule has 76 valence electrons. The van der Waals surface area contributed by atoms with Crippen LogP contribution >= 0.6 is 0 Å². The summed E-state index contributed by atoms with van der Waals surface area (Å²) >= 11 is 0. The van der Waals surface area contributed by atoms with Gasteiger partial charge in [-0.15, -0.1) is 0 Å². The van der Waals surface area contributed by atoms with Gasteiger partial charge in [-0.2, -0.15) is 0 Å². The normalized spacial score (nSPS) is 12.8. The fourth-order valence-electron chi connectivity index (χ4n) is 0.572. The highest BCUT2D eigenvalue weighted by Gasteiger charge is 2.14. The van der Waals surface area contributed by atoms with E-state index in [0.29, 0.717) is 6.42 Å². The molecule has 0 aromatic carbocycles. The Hall–Kier alpha value is -0.613. The summed E-state index contributed by atoms with van der Waals surface area (Å²) < 4.78 is 5.43. The van der Waals surface area contributed by atoms with E-state index in [9.17, 15) is 4.79 Å². The Labute approximate surface area is 81.3 Å². The lowest BCUT2D eigenvalue weighted by Gasteiger charge is -2.18. The Kier molecular flexibility index (Phi) is 4.94. The molecule has 0 bridgehead atoms. The van der Waals surface area contributed by atoms with Crippen LogP contribution in [0.1, 0.15) is 20.3 Å². The van der Waals surface area contributed by atoms with Gasteiger partial charge in [-0.25, -0.2) is 0 Å². The van der Waals surface area contributed by atoms with Crippen molar-refractivity contribution in [2.75, 3.05) is 0 Å². The standard InChI is InChI=1S/C9H19NO2Si/c1-8(6-7-9(2)11)10-12-13(3,4)5/h6,10H,7H2,1-5H3. The molecule has 0 aromatic heterocycles. The number of hydrogen-bond donors (Lipinski definition) is 1. The molecular formula is C9H19NO2Si. The van der Waals surface area contributed by atoms with Crippen LogP contribution in [0.4, 0.5) is 0 Å². The van der Waals surface area contributed by atoms with Crippen LogP contribution in [0, 0.1) is 0 Å². The van der Waals surface area contributed by atoms with Crippen LogP contribution in [0.5, 0.6) is 0 Å². The minimum atomic E-state index is -1.51. The molecule has 0 heterocycles. The Balaban J connectivity index is 3.80. The highest BCUT2D eigenvalue weighted by molar-refractivity contribution is 6.69. The number of carbonyl (C=O) groups excluding carboxylic acids is 1. The average molecular weight is 201 g/mol. The van der Waals surface area contributed by atoms with Gasteiger partial charge in [-0.05, 0) is 33.5 Å². The molecule has 0 rings (SSSR count). The lowest BCUT2D eigenvalue weighted by atomic mass is 10.3. The van der Waals surface area contributed by atoms with E-state index in [0.717, 1.165) is 5.70 Å². The first kappa shape index (κ1) is 12.4. The van der Waals surface area contributed by atoms with E-state index in [1.54, 1.807) is 6.92 Å². The number of carbonyl (C=O) groups is 1. The quantitative estimate of drug-likeness (QED) is 0.547. The summed E-state index contributed by atoms with van der Waals surface area (Å²) in [6, 6.07) is 0. The highest BCUT2D eigenvalue weighted by Crippen LogP contribution is 2.01. The van der Waals surface area contributed by atoms with Crippen molar-refractivity contribution >= 4 is 14.1 Å². The topological polar surface area (TPSA) is 38.3 Å². The lowest BCUT2D eigenvalue weighted by molar-refractivity contribution is -0.116. The van der Waals surface area contributed by atoms with Crippen molar-refractivity contribution in [1.29, 1.82) is 0 Å². The smallest absolute Gasteiger partial charge is 0.220 e. The zero-order chi connectivity index (χ0) is 10.5. The van der Waals surface area contributed by atoms with Gasteiger partial charge in [-0.1, -0.05) is 6.08 Å². The molecule has 0 atom stereocenters. The molecule has 0 amide bonds. The fraction of sp³-hybridized carbons (Fsp3) is 0.667. The van der Waals surface area contributed by atoms with Crippen molar-refractivity contribution in [2.45, 2.75) is 39.9 Å². The zero-order valence-electron chi connectivity index (χ0n) is 9.10. The van der Waals surface area contributed by atoms with E-state index in [1.807, 2.05) is 13.0 Å². The summed E-state index contributed by atoms with van der Waals surface area (Å²) in [4.78, 5) is 10.6. The van der Waals surface area contributed by atoms with E-state index in [4.69, 9.17) is 4.53 Å². The summed E-state index contributed by atoms with van der Waals surface area (Å²) in [7, 11) is -1.51. The van der Waals surface area contributed by atoms with Gasteiger partial charge in [0.1, 0.15) is 5.78 Å². The van der Waals surface area contributed by atoms with Crippen molar-refractivity contribution < 1.29 is 9.32 Å². The van der Waals surface area contributed by atoms with Gasteiger partial charge in [0.2, 0.25) is 8.32 Å². The molecule has 0 unspecified atom stereocenters. The predicted octanol–water partition coefficient (Wildman–Crippen LogP) is 2.23. The van der Waals surface area contributed by atoms with Crippen molar-refractivity contribution in [3.63, 3.8) is 0 Å². The van der Waals surface area contributed by atoms with Crippen LogP contribution < -0.4 is 5.48 Å². The van der Waals surface area contributed by atoms with Gasteiger partial charge >= 0.3 is 0 Å². The monoisotopic (exact) mass is 201 g/mol. The van der Waals surface area contributed by atoms with Crippen LogP contribution in [-0.4, -0.2) is 14.1 Å². The third-order valence-electron chi connectivity index (χ3n) is 1.21. The molecule has 0 saturated carbocycles. The predicted molar refractivity (Wildman–Crippen MR) is 56.6 cm³/mol. The van der Waals surface area contributed by atoms with Crippen molar-refractivity contribution in [1.82, 2.24) is 5.48 Å². The molecule has 0 aliphatic heterocycles. The van der Waals surface area contributed by atoms with Gasteiger partial charge in [0.15, 0.2) is 0 Å². The summed E-state index contributed by atoms with van der Waals surface area (Å²) in [6.45, 7) is 9.75. The number of hydrogen-bond acceptors (Lipinski definition) is 3. The van der Waals surface area contributed by atoms with Crippen LogP contribution in [0.15, 0.2) is 11.8 Å². The highest BCUT2D eigenvalue weighted by atomic mass is 28.4. The van der Waals surface area contributed by atoms with Crippen molar-refractivity contribution in [2.24, 2.45) is 0 Å². The van der Waals surface area contributed by atoms with Crippen LogP contribution in [0.25, 0.3) is 0 Å². The minimum Gasteiger partial charge on any atom is -0.323 e. The maximum absolute atomic E-state index is 10.6. The van der Waals surface area contributed by atoms with E-state index in [1.165, 1.54) is 0 Å². The fourth-order valence-corrected chi connectivity index (χ4v) is 1.04. The molecule has 0 spiro atoms. The molecular weight excluding hydrogens is 182 g/mol. The van der Waals surface area contributed by atoms with Gasteiger partial charge < -0.3 is 4.53 Å². The number of ketones is 1. The molecule has 0 fully saturated rings. The van der Waals surface area contributed by atoms with E-state index >= 15 is 0 Å². The van der Waals surface area contributed by atoms with Gasteiger partial charge in [0.25, 0.3) is 0 Å². The minimum absolute atomic E-state index is 0.161. The number of nitrogens with one attached hydrogen (secondary N) is 1. The number of hydroxylamine groups is 1. The van der Waals surface area contributed by atoms with Crippen molar-refractivity contribution in [3.05, 3.63) is 11.8 Å². The van der Waals surface area contributed by atoms with Gasteiger partial charge in [0, 0.05) is 12.1 Å². The summed E-state index contributed by atoms with van der Waals surface area (Å²) in [5, 5.41) is 0. The first-order valence-electron chi connectivity index (χ1n) is 4.41. The molecule has 1 N–H and O–H groups in total. The number of allylic oxidation sites excluding steroid dienone is 2. The molecule has 13 heavy (non-hydrogen) atoms. The van der Waals surface area contributed by atoms with E-state index < -0.39 is 8.32 Å². The molecule has 0 aliphatic carbocycles. The third-order valence-corrected chi connectivity index (χ3v) is 1.93.